The number of rotatable bonds is 8. The second-order valence-electron chi connectivity index (χ2n) is 6.93. The highest BCUT2D eigenvalue weighted by Gasteiger charge is 2.19. The van der Waals surface area contributed by atoms with Crippen molar-refractivity contribution in [1.29, 1.82) is 0 Å². The van der Waals surface area contributed by atoms with Gasteiger partial charge in [0.1, 0.15) is 5.75 Å². The molecule has 1 unspecified atom stereocenters. The van der Waals surface area contributed by atoms with Gasteiger partial charge < -0.3 is 14.8 Å². The number of carbonyl (C=O) groups is 1. The summed E-state index contributed by atoms with van der Waals surface area (Å²) in [6.45, 7) is 1.34. The van der Waals surface area contributed by atoms with Crippen LogP contribution in [0.5, 0.6) is 5.75 Å². The van der Waals surface area contributed by atoms with Crippen molar-refractivity contribution in [3.05, 3.63) is 54.6 Å². The molecule has 30 heavy (non-hydrogen) atoms. The molecule has 0 aliphatic carbocycles. The Morgan fingerprint density at radius 3 is 2.70 bits per heavy atom. The highest BCUT2D eigenvalue weighted by atomic mass is 32.2. The van der Waals surface area contributed by atoms with E-state index in [2.05, 4.69) is 15.5 Å². The topological polar surface area (TPSA) is 78.3 Å². The van der Waals surface area contributed by atoms with Crippen LogP contribution in [0.25, 0.3) is 17.1 Å². The van der Waals surface area contributed by atoms with Crippen LogP contribution in [0.15, 0.2) is 59.8 Å². The first-order valence-electron chi connectivity index (χ1n) is 9.91. The summed E-state index contributed by atoms with van der Waals surface area (Å²) in [4.78, 5) is 12.3. The Labute approximate surface area is 179 Å². The molecule has 156 valence electrons. The molecule has 2 aromatic carbocycles. The maximum atomic E-state index is 12.3. The lowest BCUT2D eigenvalue weighted by Crippen LogP contribution is -2.32. The van der Waals surface area contributed by atoms with Gasteiger partial charge in [0, 0.05) is 24.4 Å². The van der Waals surface area contributed by atoms with Crippen molar-refractivity contribution < 1.29 is 14.3 Å². The Hall–Kier alpha value is -2.84. The number of hydrogen-bond acceptors (Lipinski definition) is 6. The standard InChI is InChI=1S/C22H24N4O3S/c1-28-18-11-9-16(10-12-18)21-24-25-22(26(21)17-6-3-2-4-7-17)30-15-20(27)23-14-19-8-5-13-29-19/h2-4,6-7,9-12,19H,5,8,13-15H2,1H3,(H,23,27). The molecule has 1 saturated heterocycles. The summed E-state index contributed by atoms with van der Waals surface area (Å²) < 4.78 is 12.8. The van der Waals surface area contributed by atoms with E-state index in [0.29, 0.717) is 17.5 Å². The molecular weight excluding hydrogens is 400 g/mol. The smallest absolute Gasteiger partial charge is 0.230 e. The minimum absolute atomic E-state index is 0.0379. The molecule has 1 fully saturated rings. The van der Waals surface area contributed by atoms with Gasteiger partial charge in [0.15, 0.2) is 11.0 Å². The quantitative estimate of drug-likeness (QED) is 0.559. The Morgan fingerprint density at radius 2 is 2.00 bits per heavy atom. The van der Waals surface area contributed by atoms with Gasteiger partial charge in [-0.15, -0.1) is 10.2 Å². The molecular formula is C22H24N4O3S. The van der Waals surface area contributed by atoms with E-state index in [-0.39, 0.29) is 17.8 Å². The first-order valence-corrected chi connectivity index (χ1v) is 10.9. The van der Waals surface area contributed by atoms with Crippen molar-refractivity contribution >= 4 is 17.7 Å². The van der Waals surface area contributed by atoms with Crippen LogP contribution in [0, 0.1) is 0 Å². The fourth-order valence-electron chi connectivity index (χ4n) is 3.31. The summed E-state index contributed by atoms with van der Waals surface area (Å²) in [6, 6.07) is 17.6. The second-order valence-corrected chi connectivity index (χ2v) is 7.88. The summed E-state index contributed by atoms with van der Waals surface area (Å²) in [5, 5.41) is 12.4. The molecule has 3 aromatic rings. The summed E-state index contributed by atoms with van der Waals surface area (Å²) in [6.07, 6.45) is 2.19. The Bertz CT molecular complexity index is 970. The number of benzene rings is 2. The minimum Gasteiger partial charge on any atom is -0.497 e. The largest absolute Gasteiger partial charge is 0.497 e. The molecule has 1 amide bonds. The zero-order valence-corrected chi connectivity index (χ0v) is 17.6. The number of carbonyl (C=O) groups excluding carboxylic acids is 1. The van der Waals surface area contributed by atoms with Gasteiger partial charge in [-0.2, -0.15) is 0 Å². The lowest BCUT2D eigenvalue weighted by molar-refractivity contribution is -0.119. The number of aromatic nitrogens is 3. The van der Waals surface area contributed by atoms with Crippen molar-refractivity contribution in [3.63, 3.8) is 0 Å². The van der Waals surface area contributed by atoms with Gasteiger partial charge in [0.25, 0.3) is 0 Å². The fraction of sp³-hybridized carbons (Fsp3) is 0.318. The van der Waals surface area contributed by atoms with Crippen molar-refractivity contribution in [2.45, 2.75) is 24.1 Å². The van der Waals surface area contributed by atoms with Crippen LogP contribution in [0.2, 0.25) is 0 Å². The van der Waals surface area contributed by atoms with Crippen molar-refractivity contribution in [1.82, 2.24) is 20.1 Å². The summed E-state index contributed by atoms with van der Waals surface area (Å²) in [7, 11) is 1.64. The molecule has 1 atom stereocenters. The number of hydrogen-bond donors (Lipinski definition) is 1. The third kappa shape index (κ3) is 4.83. The molecule has 1 aromatic heterocycles. The normalized spacial score (nSPS) is 15.8. The highest BCUT2D eigenvalue weighted by molar-refractivity contribution is 7.99. The maximum Gasteiger partial charge on any atom is 0.230 e. The fourth-order valence-corrected chi connectivity index (χ4v) is 4.10. The van der Waals surface area contributed by atoms with Crippen LogP contribution in [-0.2, 0) is 9.53 Å². The number of methoxy groups -OCH3 is 1. The zero-order valence-electron chi connectivity index (χ0n) is 16.8. The van der Waals surface area contributed by atoms with Crippen LogP contribution < -0.4 is 10.1 Å². The summed E-state index contributed by atoms with van der Waals surface area (Å²) >= 11 is 1.37. The van der Waals surface area contributed by atoms with Gasteiger partial charge in [-0.05, 0) is 49.2 Å². The zero-order chi connectivity index (χ0) is 20.8. The molecule has 8 heteroatoms. The van der Waals surface area contributed by atoms with Crippen LogP contribution >= 0.6 is 11.8 Å². The Balaban J connectivity index is 1.52. The van der Waals surface area contributed by atoms with Gasteiger partial charge in [0.2, 0.25) is 5.91 Å². The molecule has 1 aliphatic rings. The van der Waals surface area contributed by atoms with Crippen molar-refractivity contribution in [2.24, 2.45) is 0 Å². The Kier molecular flexibility index (Phi) is 6.66. The van der Waals surface area contributed by atoms with Crippen LogP contribution in [-0.4, -0.2) is 52.8 Å². The van der Waals surface area contributed by atoms with Gasteiger partial charge in [0.05, 0.1) is 19.0 Å². The third-order valence-electron chi connectivity index (χ3n) is 4.88. The number of thioether (sulfide) groups is 1. The minimum atomic E-state index is -0.0379. The highest BCUT2D eigenvalue weighted by Crippen LogP contribution is 2.28. The molecule has 4 rings (SSSR count). The van der Waals surface area contributed by atoms with Gasteiger partial charge in [-0.1, -0.05) is 30.0 Å². The lowest BCUT2D eigenvalue weighted by Gasteiger charge is -2.12. The van der Waals surface area contributed by atoms with Crippen LogP contribution in [0.1, 0.15) is 12.8 Å². The third-order valence-corrected chi connectivity index (χ3v) is 5.81. The molecule has 7 nitrogen and oxygen atoms in total. The average molecular weight is 425 g/mol. The van der Waals surface area contributed by atoms with Gasteiger partial charge >= 0.3 is 0 Å². The van der Waals surface area contributed by atoms with Crippen molar-refractivity contribution in [2.75, 3.05) is 26.0 Å². The molecule has 1 N–H and O–H groups in total. The molecule has 0 saturated carbocycles. The Morgan fingerprint density at radius 1 is 1.20 bits per heavy atom. The van der Waals surface area contributed by atoms with E-state index in [1.165, 1.54) is 11.8 Å². The first kappa shape index (κ1) is 20.4. The van der Waals surface area contributed by atoms with Crippen LogP contribution in [0.3, 0.4) is 0 Å². The van der Waals surface area contributed by atoms with E-state index in [9.17, 15) is 4.79 Å². The second kappa shape index (κ2) is 9.77. The van der Waals surface area contributed by atoms with E-state index >= 15 is 0 Å². The molecule has 0 spiro atoms. The van der Waals surface area contributed by atoms with Gasteiger partial charge in [-0.3, -0.25) is 9.36 Å². The molecule has 2 heterocycles. The van der Waals surface area contributed by atoms with Gasteiger partial charge in [-0.25, -0.2) is 0 Å². The monoisotopic (exact) mass is 424 g/mol. The predicted octanol–water partition coefficient (Wildman–Crippen LogP) is 3.33. The van der Waals surface area contributed by atoms with Crippen molar-refractivity contribution in [3.8, 4) is 22.8 Å². The predicted molar refractivity (Wildman–Crippen MR) is 116 cm³/mol. The number of nitrogens with zero attached hydrogens (tertiary/aromatic N) is 3. The molecule has 0 radical (unpaired) electrons. The number of amides is 1. The first-order chi connectivity index (χ1) is 14.7. The molecule has 0 bridgehead atoms. The average Bonchev–Trinajstić information content (AvgIpc) is 3.47. The van der Waals surface area contributed by atoms with E-state index in [0.717, 1.165) is 36.4 Å². The number of para-hydroxylation sites is 1. The van der Waals surface area contributed by atoms with E-state index in [1.54, 1.807) is 7.11 Å². The summed E-state index contributed by atoms with van der Waals surface area (Å²) in [5.74, 6) is 1.72. The maximum absolute atomic E-state index is 12.3. The number of ether oxygens (including phenoxy) is 2. The van der Waals surface area contributed by atoms with E-state index in [1.807, 2.05) is 59.2 Å². The SMILES string of the molecule is COc1ccc(-c2nnc(SCC(=O)NCC3CCCO3)n2-c2ccccc2)cc1. The molecule has 1 aliphatic heterocycles. The van der Waals surface area contributed by atoms with E-state index < -0.39 is 0 Å². The van der Waals surface area contributed by atoms with Crippen LogP contribution in [0.4, 0.5) is 0 Å². The lowest BCUT2D eigenvalue weighted by atomic mass is 10.2. The van der Waals surface area contributed by atoms with E-state index in [4.69, 9.17) is 9.47 Å². The summed E-state index contributed by atoms with van der Waals surface area (Å²) in [5.41, 5.74) is 1.86. The number of nitrogens with one attached hydrogen (secondary N) is 1.